The molecule has 1 fully saturated rings. The molecule has 0 bridgehead atoms. The molecule has 4 heteroatoms. The highest BCUT2D eigenvalue weighted by molar-refractivity contribution is 7.90. The van der Waals surface area contributed by atoms with Crippen LogP contribution in [0.4, 0.5) is 0 Å². The van der Waals surface area contributed by atoms with Crippen LogP contribution in [0.15, 0.2) is 29.2 Å². The summed E-state index contributed by atoms with van der Waals surface area (Å²) in [7, 11) is -1.25. The lowest BCUT2D eigenvalue weighted by Gasteiger charge is -2.17. The Kier molecular flexibility index (Phi) is 2.35. The summed E-state index contributed by atoms with van der Waals surface area (Å²) in [6.45, 7) is 0. The number of hydrogen-bond acceptors (Lipinski definition) is 3. The molecule has 1 N–H and O–H groups in total. The summed E-state index contributed by atoms with van der Waals surface area (Å²) < 4.78 is 23.2. The van der Waals surface area contributed by atoms with Crippen molar-refractivity contribution in [1.29, 1.82) is 0 Å². The van der Waals surface area contributed by atoms with Gasteiger partial charge in [-0.05, 0) is 31.5 Å². The van der Waals surface area contributed by atoms with Crippen molar-refractivity contribution < 1.29 is 8.42 Å². The predicted molar refractivity (Wildman–Crippen MR) is 59.5 cm³/mol. The molecule has 0 spiro atoms. The van der Waals surface area contributed by atoms with E-state index in [1.807, 2.05) is 19.2 Å². The molecule has 0 unspecified atom stereocenters. The van der Waals surface area contributed by atoms with Crippen molar-refractivity contribution in [1.82, 2.24) is 5.32 Å². The third kappa shape index (κ3) is 1.79. The smallest absolute Gasteiger partial charge is 0.175 e. The van der Waals surface area contributed by atoms with E-state index in [-0.39, 0.29) is 5.54 Å². The molecule has 0 heterocycles. The van der Waals surface area contributed by atoms with Gasteiger partial charge in [-0.1, -0.05) is 18.2 Å². The van der Waals surface area contributed by atoms with Gasteiger partial charge in [0.05, 0.1) is 4.90 Å². The number of benzene rings is 1. The van der Waals surface area contributed by atoms with Gasteiger partial charge in [-0.2, -0.15) is 0 Å². The van der Waals surface area contributed by atoms with Crippen LogP contribution < -0.4 is 5.32 Å². The van der Waals surface area contributed by atoms with Crippen LogP contribution in [-0.4, -0.2) is 21.7 Å². The number of rotatable bonds is 3. The minimum atomic E-state index is -3.13. The molecule has 0 amide bonds. The van der Waals surface area contributed by atoms with Crippen molar-refractivity contribution in [2.24, 2.45) is 0 Å². The highest BCUT2D eigenvalue weighted by Crippen LogP contribution is 2.47. The first-order valence-electron chi connectivity index (χ1n) is 4.98. The van der Waals surface area contributed by atoms with Gasteiger partial charge in [-0.3, -0.25) is 0 Å². The third-order valence-electron chi connectivity index (χ3n) is 3.03. The SMILES string of the molecule is CNC1(c2ccccc2S(C)(=O)=O)CC1. The minimum absolute atomic E-state index is 0.0975. The Morgan fingerprint density at radius 1 is 1.27 bits per heavy atom. The zero-order chi connectivity index (χ0) is 11.1. The molecular formula is C11H15NO2S. The lowest BCUT2D eigenvalue weighted by atomic mass is 10.1. The Morgan fingerprint density at radius 3 is 2.33 bits per heavy atom. The molecule has 15 heavy (non-hydrogen) atoms. The maximum absolute atomic E-state index is 11.6. The van der Waals surface area contributed by atoms with Crippen LogP contribution in [-0.2, 0) is 15.4 Å². The molecule has 1 aromatic rings. The summed E-state index contributed by atoms with van der Waals surface area (Å²) in [6, 6.07) is 7.25. The lowest BCUT2D eigenvalue weighted by molar-refractivity contribution is 0.563. The maximum atomic E-state index is 11.6. The fourth-order valence-electron chi connectivity index (χ4n) is 1.96. The van der Waals surface area contributed by atoms with E-state index in [2.05, 4.69) is 5.32 Å². The Bertz CT molecular complexity index is 475. The number of sulfone groups is 1. The molecule has 0 aliphatic heterocycles. The Balaban J connectivity index is 2.58. The van der Waals surface area contributed by atoms with Crippen LogP contribution in [0.1, 0.15) is 18.4 Å². The lowest BCUT2D eigenvalue weighted by Crippen LogP contribution is -2.26. The highest BCUT2D eigenvalue weighted by Gasteiger charge is 2.45. The summed E-state index contributed by atoms with van der Waals surface area (Å²) in [4.78, 5) is 0.455. The Labute approximate surface area is 90.4 Å². The highest BCUT2D eigenvalue weighted by atomic mass is 32.2. The van der Waals surface area contributed by atoms with E-state index in [1.54, 1.807) is 12.1 Å². The topological polar surface area (TPSA) is 46.2 Å². The minimum Gasteiger partial charge on any atom is -0.310 e. The Morgan fingerprint density at radius 2 is 1.87 bits per heavy atom. The fraction of sp³-hybridized carbons (Fsp3) is 0.455. The first-order valence-corrected chi connectivity index (χ1v) is 6.87. The summed E-state index contributed by atoms with van der Waals surface area (Å²) in [5.41, 5.74) is 0.814. The molecule has 1 aliphatic rings. The van der Waals surface area contributed by atoms with E-state index in [4.69, 9.17) is 0 Å². The second-order valence-electron chi connectivity index (χ2n) is 4.10. The molecule has 1 aromatic carbocycles. The molecule has 3 nitrogen and oxygen atoms in total. The third-order valence-corrected chi connectivity index (χ3v) is 4.19. The first kappa shape index (κ1) is 10.6. The van der Waals surface area contributed by atoms with Gasteiger partial charge in [0.15, 0.2) is 9.84 Å². The van der Waals surface area contributed by atoms with Gasteiger partial charge < -0.3 is 5.32 Å². The number of nitrogens with one attached hydrogen (secondary N) is 1. The first-order chi connectivity index (χ1) is 6.99. The fourth-order valence-corrected chi connectivity index (χ4v) is 2.95. The molecule has 1 aliphatic carbocycles. The van der Waals surface area contributed by atoms with Gasteiger partial charge in [0.2, 0.25) is 0 Å². The van der Waals surface area contributed by atoms with Gasteiger partial charge in [0.1, 0.15) is 0 Å². The normalized spacial score (nSPS) is 18.8. The van der Waals surface area contributed by atoms with E-state index in [0.717, 1.165) is 18.4 Å². The van der Waals surface area contributed by atoms with Crippen molar-refractivity contribution in [3.63, 3.8) is 0 Å². The second kappa shape index (κ2) is 3.32. The van der Waals surface area contributed by atoms with Crippen LogP contribution >= 0.6 is 0 Å². The van der Waals surface area contributed by atoms with E-state index < -0.39 is 9.84 Å². The molecular weight excluding hydrogens is 210 g/mol. The van der Waals surface area contributed by atoms with Crippen molar-refractivity contribution in [2.45, 2.75) is 23.3 Å². The average Bonchev–Trinajstić information content (AvgIpc) is 2.97. The van der Waals surface area contributed by atoms with Crippen molar-refractivity contribution >= 4 is 9.84 Å². The Hall–Kier alpha value is -0.870. The molecule has 0 saturated heterocycles. The van der Waals surface area contributed by atoms with E-state index in [1.165, 1.54) is 6.26 Å². The van der Waals surface area contributed by atoms with Crippen molar-refractivity contribution in [3.05, 3.63) is 29.8 Å². The van der Waals surface area contributed by atoms with Gasteiger partial charge in [-0.15, -0.1) is 0 Å². The monoisotopic (exact) mass is 225 g/mol. The zero-order valence-corrected chi connectivity index (χ0v) is 9.76. The van der Waals surface area contributed by atoms with Gasteiger partial charge in [0.25, 0.3) is 0 Å². The largest absolute Gasteiger partial charge is 0.310 e. The standard InChI is InChI=1S/C11H15NO2S/c1-12-11(7-8-11)9-5-3-4-6-10(9)15(2,13)14/h3-6,12H,7-8H2,1-2H3. The second-order valence-corrected chi connectivity index (χ2v) is 6.08. The van der Waals surface area contributed by atoms with Gasteiger partial charge in [0, 0.05) is 11.8 Å². The summed E-state index contributed by atoms with van der Waals surface area (Å²) in [5, 5.41) is 3.22. The summed E-state index contributed by atoms with van der Waals surface area (Å²) in [5.74, 6) is 0. The van der Waals surface area contributed by atoms with Gasteiger partial charge in [-0.25, -0.2) is 8.42 Å². The average molecular weight is 225 g/mol. The van der Waals surface area contributed by atoms with Crippen LogP contribution in [0.25, 0.3) is 0 Å². The van der Waals surface area contributed by atoms with Crippen molar-refractivity contribution in [2.75, 3.05) is 13.3 Å². The maximum Gasteiger partial charge on any atom is 0.175 e. The molecule has 0 atom stereocenters. The number of hydrogen-bond donors (Lipinski definition) is 1. The van der Waals surface area contributed by atoms with Crippen LogP contribution in [0.3, 0.4) is 0 Å². The molecule has 0 aromatic heterocycles. The summed E-state index contributed by atoms with van der Waals surface area (Å²) in [6.07, 6.45) is 3.28. The van der Waals surface area contributed by atoms with Crippen LogP contribution in [0, 0.1) is 0 Å². The van der Waals surface area contributed by atoms with Gasteiger partial charge >= 0.3 is 0 Å². The van der Waals surface area contributed by atoms with Crippen LogP contribution in [0.5, 0.6) is 0 Å². The molecule has 1 saturated carbocycles. The van der Waals surface area contributed by atoms with E-state index in [9.17, 15) is 8.42 Å². The molecule has 0 radical (unpaired) electrons. The summed E-state index contributed by atoms with van der Waals surface area (Å²) >= 11 is 0. The van der Waals surface area contributed by atoms with E-state index in [0.29, 0.717) is 4.90 Å². The predicted octanol–water partition coefficient (Wildman–Crippen LogP) is 1.30. The zero-order valence-electron chi connectivity index (χ0n) is 8.95. The van der Waals surface area contributed by atoms with Crippen molar-refractivity contribution in [3.8, 4) is 0 Å². The molecule has 2 rings (SSSR count). The van der Waals surface area contributed by atoms with Crippen LogP contribution in [0.2, 0.25) is 0 Å². The quantitative estimate of drug-likeness (QED) is 0.843. The van der Waals surface area contributed by atoms with E-state index >= 15 is 0 Å². The molecule has 82 valence electrons.